The van der Waals surface area contributed by atoms with Crippen molar-refractivity contribution in [2.75, 3.05) is 19.7 Å². The van der Waals surface area contributed by atoms with E-state index in [0.717, 1.165) is 19.4 Å². The second-order valence-corrected chi connectivity index (χ2v) is 13.8. The lowest BCUT2D eigenvalue weighted by Gasteiger charge is -2.49. The van der Waals surface area contributed by atoms with E-state index in [2.05, 4.69) is 10.6 Å². The molecule has 14 unspecified atom stereocenters. The van der Waals surface area contributed by atoms with Gasteiger partial charge in [-0.15, -0.1) is 0 Å². The SMILES string of the molecule is NC1CC(CNCC2CC(O)C(O)C(OC3C(N)CC(NC(=O)C4(O)CC(N)C4)C(OC4OC(CO)C(O)C(N)C4O)C3O)O2)C1. The van der Waals surface area contributed by atoms with Crippen LogP contribution in [-0.2, 0) is 23.7 Å². The van der Waals surface area contributed by atoms with E-state index in [-0.39, 0.29) is 37.8 Å². The number of ether oxygens (including phenoxy) is 4. The number of aliphatic hydroxyl groups excluding tert-OH is 6. The first kappa shape index (κ1) is 36.1. The van der Waals surface area contributed by atoms with Crippen LogP contribution in [0.4, 0.5) is 0 Å². The van der Waals surface area contributed by atoms with E-state index < -0.39 is 104 Å². The molecule has 0 aromatic heterocycles. The molecule has 2 saturated heterocycles. The number of hydrogen-bond donors (Lipinski definition) is 13. The van der Waals surface area contributed by atoms with Crippen LogP contribution in [0.3, 0.4) is 0 Å². The van der Waals surface area contributed by atoms with E-state index in [1.54, 1.807) is 0 Å². The molecule has 2 aliphatic heterocycles. The van der Waals surface area contributed by atoms with Gasteiger partial charge in [-0.2, -0.15) is 0 Å². The van der Waals surface area contributed by atoms with Crippen LogP contribution in [0.15, 0.2) is 0 Å². The van der Waals surface area contributed by atoms with Crippen LogP contribution in [0.5, 0.6) is 0 Å². The molecule has 3 aliphatic carbocycles. The van der Waals surface area contributed by atoms with Gasteiger partial charge in [-0.25, -0.2) is 0 Å². The number of hydrogen-bond acceptors (Lipinski definition) is 17. The van der Waals surface area contributed by atoms with Crippen LogP contribution in [0, 0.1) is 5.92 Å². The minimum atomic E-state index is -1.73. The first-order chi connectivity index (χ1) is 21.7. The Kier molecular flexibility index (Phi) is 11.6. The highest BCUT2D eigenvalue weighted by Gasteiger charge is 2.54. The van der Waals surface area contributed by atoms with Crippen LogP contribution in [-0.4, -0.2) is 165 Å². The zero-order chi connectivity index (χ0) is 33.5. The van der Waals surface area contributed by atoms with E-state index in [0.29, 0.717) is 12.5 Å². The maximum absolute atomic E-state index is 13.1. The number of carbonyl (C=O) groups excluding carboxylic acids is 1. The lowest BCUT2D eigenvalue weighted by atomic mass is 9.75. The third kappa shape index (κ3) is 7.67. The van der Waals surface area contributed by atoms with Gasteiger partial charge in [0.2, 0.25) is 0 Å². The molecule has 0 radical (unpaired) electrons. The fourth-order valence-corrected chi connectivity index (χ4v) is 7.13. The molecule has 0 aromatic carbocycles. The number of rotatable bonds is 11. The van der Waals surface area contributed by atoms with Crippen molar-refractivity contribution in [1.29, 1.82) is 0 Å². The predicted molar refractivity (Wildman–Crippen MR) is 157 cm³/mol. The van der Waals surface area contributed by atoms with Crippen LogP contribution >= 0.6 is 0 Å². The average Bonchev–Trinajstić information content (AvgIpc) is 2.97. The Morgan fingerprint density at radius 2 is 1.46 bits per heavy atom. The normalized spacial score (nSPS) is 51.2. The topological polar surface area (TPSA) is 324 Å². The van der Waals surface area contributed by atoms with Crippen LogP contribution in [0.1, 0.15) is 38.5 Å². The Morgan fingerprint density at radius 3 is 2.09 bits per heavy atom. The van der Waals surface area contributed by atoms with E-state index >= 15 is 0 Å². The molecule has 2 heterocycles. The minimum Gasteiger partial charge on any atom is -0.394 e. The number of amides is 1. The average molecular weight is 665 g/mol. The molecule has 0 spiro atoms. The largest absolute Gasteiger partial charge is 0.394 e. The predicted octanol–water partition coefficient (Wildman–Crippen LogP) is -6.88. The van der Waals surface area contributed by atoms with Gasteiger partial charge in [0, 0.05) is 43.9 Å². The first-order valence-corrected chi connectivity index (χ1v) is 16.1. The van der Waals surface area contributed by atoms with Gasteiger partial charge >= 0.3 is 0 Å². The summed E-state index contributed by atoms with van der Waals surface area (Å²) >= 11 is 0. The third-order valence-corrected chi connectivity index (χ3v) is 10.1. The molecule has 3 saturated carbocycles. The van der Waals surface area contributed by atoms with Gasteiger partial charge in [-0.1, -0.05) is 0 Å². The van der Waals surface area contributed by atoms with Crippen molar-refractivity contribution < 1.29 is 59.5 Å². The number of nitrogens with two attached hydrogens (primary N) is 4. The highest BCUT2D eigenvalue weighted by Crippen LogP contribution is 2.35. The van der Waals surface area contributed by atoms with Crippen molar-refractivity contribution in [3.8, 4) is 0 Å². The molecule has 18 nitrogen and oxygen atoms in total. The van der Waals surface area contributed by atoms with Crippen molar-refractivity contribution in [3.05, 3.63) is 0 Å². The molecule has 266 valence electrons. The molecule has 46 heavy (non-hydrogen) atoms. The Bertz CT molecular complexity index is 1020. The standard InChI is InChI=1S/C28H52N6O12/c29-11-1-10(2-11)7-33-8-13-3-16(36)19(37)25(43-13)45-23-14(31)4-15(34-27(41)28(42)5-12(30)6-28)24(22(23)40)46-26-21(39)18(32)20(38)17(9-35)44-26/h10-26,33,35-40,42H,1-9,29-32H2,(H,34,41). The van der Waals surface area contributed by atoms with E-state index in [1.807, 2.05) is 0 Å². The van der Waals surface area contributed by atoms with Gasteiger partial charge < -0.3 is 88.3 Å². The van der Waals surface area contributed by atoms with Crippen LogP contribution < -0.4 is 33.6 Å². The number of aliphatic hydroxyl groups is 7. The summed E-state index contributed by atoms with van der Waals surface area (Å²) in [6, 6.07) is -3.45. The highest BCUT2D eigenvalue weighted by atomic mass is 16.7. The fraction of sp³-hybridized carbons (Fsp3) is 0.964. The summed E-state index contributed by atoms with van der Waals surface area (Å²) in [4.78, 5) is 13.1. The smallest absolute Gasteiger partial charge is 0.252 e. The van der Waals surface area contributed by atoms with E-state index in [9.17, 15) is 40.5 Å². The first-order valence-electron chi connectivity index (χ1n) is 16.1. The van der Waals surface area contributed by atoms with Gasteiger partial charge in [-0.05, 0) is 31.7 Å². The molecule has 0 aromatic rings. The van der Waals surface area contributed by atoms with Crippen molar-refractivity contribution >= 4 is 5.91 Å². The van der Waals surface area contributed by atoms with Crippen molar-refractivity contribution in [2.24, 2.45) is 28.9 Å². The molecule has 5 rings (SSSR count). The molecule has 1 amide bonds. The molecule has 0 bridgehead atoms. The quantitative estimate of drug-likeness (QED) is 0.0975. The molecule has 5 aliphatic rings. The summed E-state index contributed by atoms with van der Waals surface area (Å²) in [5, 5.41) is 80.2. The summed E-state index contributed by atoms with van der Waals surface area (Å²) in [6.07, 6.45) is -12.7. The Balaban J connectivity index is 1.29. The number of nitrogens with one attached hydrogen (secondary N) is 2. The second-order valence-electron chi connectivity index (χ2n) is 13.8. The Morgan fingerprint density at radius 1 is 0.804 bits per heavy atom. The summed E-state index contributed by atoms with van der Waals surface area (Å²) in [6.45, 7) is 0.447. The molecule has 5 fully saturated rings. The zero-order valence-corrected chi connectivity index (χ0v) is 25.7. The summed E-state index contributed by atoms with van der Waals surface area (Å²) < 4.78 is 23.5. The summed E-state index contributed by atoms with van der Waals surface area (Å²) in [5.41, 5.74) is 22.3. The lowest BCUT2D eigenvalue weighted by Crippen LogP contribution is -2.70. The van der Waals surface area contributed by atoms with Gasteiger partial charge in [0.15, 0.2) is 12.6 Å². The number of carbonyl (C=O) groups is 1. The van der Waals surface area contributed by atoms with Crippen molar-refractivity contribution in [3.63, 3.8) is 0 Å². The van der Waals surface area contributed by atoms with Crippen LogP contribution in [0.25, 0.3) is 0 Å². The molecular formula is C28H52N6O12. The molecule has 17 N–H and O–H groups in total. The molecular weight excluding hydrogens is 612 g/mol. The minimum absolute atomic E-state index is 0.0241. The lowest BCUT2D eigenvalue weighted by molar-refractivity contribution is -0.323. The summed E-state index contributed by atoms with van der Waals surface area (Å²) in [7, 11) is 0. The van der Waals surface area contributed by atoms with Gasteiger partial charge in [-0.3, -0.25) is 4.79 Å². The van der Waals surface area contributed by atoms with Gasteiger partial charge in [0.25, 0.3) is 5.91 Å². The molecule has 14 atom stereocenters. The van der Waals surface area contributed by atoms with Crippen LogP contribution in [0.2, 0.25) is 0 Å². The Labute approximate surface area is 266 Å². The maximum Gasteiger partial charge on any atom is 0.252 e. The molecule has 18 heteroatoms. The van der Waals surface area contributed by atoms with Crippen molar-refractivity contribution in [1.82, 2.24) is 10.6 Å². The van der Waals surface area contributed by atoms with E-state index in [1.165, 1.54) is 0 Å². The third-order valence-electron chi connectivity index (χ3n) is 10.1. The monoisotopic (exact) mass is 664 g/mol. The van der Waals surface area contributed by atoms with Crippen molar-refractivity contribution in [2.45, 2.75) is 142 Å². The highest BCUT2D eigenvalue weighted by molar-refractivity contribution is 5.86. The van der Waals surface area contributed by atoms with Gasteiger partial charge in [0.1, 0.15) is 48.3 Å². The van der Waals surface area contributed by atoms with Gasteiger partial charge in [0.05, 0.1) is 30.9 Å². The van der Waals surface area contributed by atoms with E-state index in [4.69, 9.17) is 41.9 Å². The summed E-state index contributed by atoms with van der Waals surface area (Å²) in [5.74, 6) is -0.300. The Hall–Kier alpha value is -1.17. The fourth-order valence-electron chi connectivity index (χ4n) is 7.13. The maximum atomic E-state index is 13.1. The zero-order valence-electron chi connectivity index (χ0n) is 25.7. The second kappa shape index (κ2) is 14.8.